The molecule has 110 valence electrons. The Hall–Kier alpha value is -3.02. The molecule has 2 aromatic rings. The van der Waals surface area contributed by atoms with E-state index in [0.717, 1.165) is 5.69 Å². The van der Waals surface area contributed by atoms with Gasteiger partial charge in [0.05, 0.1) is 10.6 Å². The molecule has 2 amide bonds. The van der Waals surface area contributed by atoms with Crippen molar-refractivity contribution < 1.29 is 9.72 Å². The maximum atomic E-state index is 12.2. The van der Waals surface area contributed by atoms with Crippen molar-refractivity contribution in [3.05, 3.63) is 70.3 Å². The van der Waals surface area contributed by atoms with Crippen LogP contribution in [-0.4, -0.2) is 23.2 Å². The van der Waals surface area contributed by atoms with E-state index in [1.807, 2.05) is 30.3 Å². The molecule has 6 nitrogen and oxygen atoms in total. The number of hydrogen-bond donors (Lipinski definition) is 0. The zero-order valence-corrected chi connectivity index (χ0v) is 11.7. The smallest absolute Gasteiger partial charge is 0.292 e. The van der Waals surface area contributed by atoms with E-state index in [4.69, 9.17) is 0 Å². The second-order valence-electron chi connectivity index (χ2n) is 4.89. The Morgan fingerprint density at radius 1 is 1.09 bits per heavy atom. The van der Waals surface area contributed by atoms with E-state index in [9.17, 15) is 14.9 Å². The first kappa shape index (κ1) is 13.9. The van der Waals surface area contributed by atoms with Gasteiger partial charge in [0.15, 0.2) is 0 Å². The Morgan fingerprint density at radius 2 is 1.86 bits per heavy atom. The van der Waals surface area contributed by atoms with Crippen LogP contribution in [0.1, 0.15) is 12.0 Å². The Kier molecular flexibility index (Phi) is 3.65. The highest BCUT2D eigenvalue weighted by atomic mass is 16.6. The van der Waals surface area contributed by atoms with Crippen molar-refractivity contribution in [2.45, 2.75) is 6.42 Å². The third-order valence-electron chi connectivity index (χ3n) is 3.49. The van der Waals surface area contributed by atoms with Gasteiger partial charge in [-0.3, -0.25) is 15.0 Å². The lowest BCUT2D eigenvalue weighted by Gasteiger charge is -2.25. The van der Waals surface area contributed by atoms with E-state index in [1.165, 1.54) is 12.1 Å². The van der Waals surface area contributed by atoms with Gasteiger partial charge in [0, 0.05) is 36.3 Å². The number of urea groups is 1. The van der Waals surface area contributed by atoms with E-state index in [0.29, 0.717) is 24.2 Å². The highest BCUT2D eigenvalue weighted by Gasteiger charge is 2.22. The minimum atomic E-state index is -0.453. The molecular weight excluding hydrogens is 282 g/mol. The van der Waals surface area contributed by atoms with Crippen LogP contribution in [-0.2, 0) is 0 Å². The maximum Gasteiger partial charge on any atom is 0.348 e. The van der Waals surface area contributed by atoms with Crippen molar-refractivity contribution >= 4 is 23.1 Å². The average molecular weight is 295 g/mol. The molecule has 0 radical (unpaired) electrons. The molecule has 0 spiro atoms. The molecule has 0 aliphatic carbocycles. The van der Waals surface area contributed by atoms with Crippen LogP contribution in [0.5, 0.6) is 0 Å². The average Bonchev–Trinajstić information content (AvgIpc) is 2.55. The number of amides is 2. The molecule has 6 heteroatoms. The molecule has 1 aliphatic heterocycles. The predicted octanol–water partition coefficient (Wildman–Crippen LogP) is 3.41. The van der Waals surface area contributed by atoms with Crippen LogP contribution in [0, 0.1) is 10.1 Å². The van der Waals surface area contributed by atoms with Crippen molar-refractivity contribution in [1.82, 2.24) is 0 Å². The lowest BCUT2D eigenvalue weighted by molar-refractivity contribution is -0.384. The lowest BCUT2D eigenvalue weighted by Crippen LogP contribution is -2.35. The molecule has 0 aromatic heterocycles. The van der Waals surface area contributed by atoms with Crippen LogP contribution in [0.3, 0.4) is 0 Å². The largest absolute Gasteiger partial charge is 0.348 e. The van der Waals surface area contributed by atoms with E-state index in [-0.39, 0.29) is 11.7 Å². The van der Waals surface area contributed by atoms with Crippen LogP contribution in [0.25, 0.3) is 0 Å². The van der Waals surface area contributed by atoms with E-state index >= 15 is 0 Å². The number of nitro groups is 1. The number of carbonyl (C=O) groups excluding carboxylic acids is 1. The number of nitrogens with zero attached hydrogens (tertiary/aromatic N) is 3. The van der Waals surface area contributed by atoms with Crippen molar-refractivity contribution in [3.63, 3.8) is 0 Å². The van der Waals surface area contributed by atoms with E-state index < -0.39 is 4.92 Å². The zero-order valence-electron chi connectivity index (χ0n) is 11.7. The van der Waals surface area contributed by atoms with Gasteiger partial charge in [0.1, 0.15) is 0 Å². The first-order valence-corrected chi connectivity index (χ1v) is 6.84. The standard InChI is InChI=1S/C16H13N3O3/c20-16-17-15(12-5-4-8-14(11-12)19(21)22)9-10-18(16)13-6-2-1-3-7-13/h1-8,11H,9-10H2. The van der Waals surface area contributed by atoms with Gasteiger partial charge in [-0.1, -0.05) is 30.3 Å². The molecule has 1 aliphatic rings. The second kappa shape index (κ2) is 5.77. The molecule has 0 saturated carbocycles. The van der Waals surface area contributed by atoms with E-state index in [1.54, 1.807) is 17.0 Å². The second-order valence-corrected chi connectivity index (χ2v) is 4.89. The number of nitro benzene ring substituents is 1. The Morgan fingerprint density at radius 3 is 2.55 bits per heavy atom. The SMILES string of the molecule is O=C1N=C(c2cccc([N+](=O)[O-])c2)CCN1c1ccccc1. The summed E-state index contributed by atoms with van der Waals surface area (Å²) in [5.74, 6) is 0. The van der Waals surface area contributed by atoms with Crippen LogP contribution < -0.4 is 4.90 Å². The topological polar surface area (TPSA) is 75.8 Å². The van der Waals surface area contributed by atoms with Crippen molar-refractivity contribution in [2.75, 3.05) is 11.4 Å². The van der Waals surface area contributed by atoms with Crippen molar-refractivity contribution in [2.24, 2.45) is 4.99 Å². The minimum absolute atomic E-state index is 0.00172. The summed E-state index contributed by atoms with van der Waals surface area (Å²) in [4.78, 5) is 28.3. The van der Waals surface area contributed by atoms with Gasteiger partial charge in [0.25, 0.3) is 5.69 Å². The van der Waals surface area contributed by atoms with Gasteiger partial charge in [-0.05, 0) is 12.1 Å². The summed E-state index contributed by atoms with van der Waals surface area (Å²) < 4.78 is 0. The maximum absolute atomic E-state index is 12.2. The summed E-state index contributed by atoms with van der Waals surface area (Å²) in [5, 5.41) is 10.8. The van der Waals surface area contributed by atoms with Crippen molar-refractivity contribution in [3.8, 4) is 0 Å². The number of carbonyl (C=O) groups is 1. The van der Waals surface area contributed by atoms with Gasteiger partial charge in [0.2, 0.25) is 0 Å². The van der Waals surface area contributed by atoms with Gasteiger partial charge in [-0.15, -0.1) is 0 Å². The van der Waals surface area contributed by atoms with Gasteiger partial charge >= 0.3 is 6.03 Å². The Balaban J connectivity index is 1.88. The number of para-hydroxylation sites is 1. The third-order valence-corrected chi connectivity index (χ3v) is 3.49. The van der Waals surface area contributed by atoms with E-state index in [2.05, 4.69) is 4.99 Å². The molecule has 0 fully saturated rings. The highest BCUT2D eigenvalue weighted by molar-refractivity contribution is 6.12. The highest BCUT2D eigenvalue weighted by Crippen LogP contribution is 2.21. The fraction of sp³-hybridized carbons (Fsp3) is 0.125. The monoisotopic (exact) mass is 295 g/mol. The van der Waals surface area contributed by atoms with Crippen molar-refractivity contribution in [1.29, 1.82) is 0 Å². The van der Waals surface area contributed by atoms with Crippen LogP contribution in [0.15, 0.2) is 59.6 Å². The normalized spacial score (nSPS) is 14.6. The molecule has 0 unspecified atom stereocenters. The minimum Gasteiger partial charge on any atom is -0.292 e. The van der Waals surface area contributed by atoms with Gasteiger partial charge in [-0.2, -0.15) is 4.99 Å². The zero-order chi connectivity index (χ0) is 15.5. The molecular formula is C16H13N3O3. The van der Waals surface area contributed by atoms with Crippen LogP contribution in [0.2, 0.25) is 0 Å². The fourth-order valence-electron chi connectivity index (χ4n) is 2.40. The third kappa shape index (κ3) is 2.71. The Labute approximate surface area is 126 Å². The predicted molar refractivity (Wildman–Crippen MR) is 83.4 cm³/mol. The summed E-state index contributed by atoms with van der Waals surface area (Å²) in [6.07, 6.45) is 0.557. The molecule has 0 bridgehead atoms. The molecule has 2 aromatic carbocycles. The number of anilines is 1. The molecule has 3 rings (SSSR count). The molecule has 0 atom stereocenters. The number of non-ortho nitro benzene ring substituents is 1. The number of rotatable bonds is 3. The number of hydrogen-bond acceptors (Lipinski definition) is 3. The summed E-state index contributed by atoms with van der Waals surface area (Å²) in [6.45, 7) is 0.504. The molecule has 1 heterocycles. The molecule has 22 heavy (non-hydrogen) atoms. The molecule has 0 saturated heterocycles. The van der Waals surface area contributed by atoms with Crippen LogP contribution in [0.4, 0.5) is 16.2 Å². The molecule has 0 N–H and O–H groups in total. The summed E-state index contributed by atoms with van der Waals surface area (Å²) >= 11 is 0. The summed E-state index contributed by atoms with van der Waals surface area (Å²) in [7, 11) is 0. The first-order chi connectivity index (χ1) is 10.6. The Bertz CT molecular complexity index is 756. The first-order valence-electron chi connectivity index (χ1n) is 6.84. The van der Waals surface area contributed by atoms with Crippen LogP contribution >= 0.6 is 0 Å². The van der Waals surface area contributed by atoms with Gasteiger partial charge in [-0.25, -0.2) is 4.79 Å². The number of benzene rings is 2. The number of aliphatic imine (C=N–C) groups is 1. The van der Waals surface area contributed by atoms with Gasteiger partial charge < -0.3 is 0 Å². The lowest BCUT2D eigenvalue weighted by atomic mass is 10.0. The summed E-state index contributed by atoms with van der Waals surface area (Å²) in [5.41, 5.74) is 2.00. The quantitative estimate of drug-likeness (QED) is 0.643. The fourth-order valence-corrected chi connectivity index (χ4v) is 2.40. The summed E-state index contributed by atoms with van der Waals surface area (Å²) in [6, 6.07) is 15.2.